The van der Waals surface area contributed by atoms with Gasteiger partial charge in [-0.25, -0.2) is 4.98 Å². The first-order valence-electron chi connectivity index (χ1n) is 4.72. The fourth-order valence-electron chi connectivity index (χ4n) is 1.52. The number of thiazole rings is 1. The first-order chi connectivity index (χ1) is 6.75. The van der Waals surface area contributed by atoms with Gasteiger partial charge in [-0.1, -0.05) is 30.3 Å². The summed E-state index contributed by atoms with van der Waals surface area (Å²) in [4.78, 5) is 5.81. The highest BCUT2D eigenvalue weighted by Gasteiger charge is 2.04. The van der Waals surface area contributed by atoms with E-state index in [0.29, 0.717) is 0 Å². The van der Waals surface area contributed by atoms with Crippen molar-refractivity contribution < 1.29 is 0 Å². The molecule has 1 heterocycles. The highest BCUT2D eigenvalue weighted by Crippen LogP contribution is 2.20. The molecule has 72 valence electrons. The van der Waals surface area contributed by atoms with Gasteiger partial charge in [-0.2, -0.15) is 0 Å². The molecule has 2 rings (SSSR count). The largest absolute Gasteiger partial charge is 0.247 e. The van der Waals surface area contributed by atoms with Crippen LogP contribution in [0.3, 0.4) is 0 Å². The molecule has 0 amide bonds. The average Bonchev–Trinajstić information content (AvgIpc) is 2.47. The minimum absolute atomic E-state index is 1.01. The van der Waals surface area contributed by atoms with Crippen LogP contribution in [0.25, 0.3) is 0 Å². The van der Waals surface area contributed by atoms with Crippen molar-refractivity contribution in [1.29, 1.82) is 0 Å². The van der Waals surface area contributed by atoms with Crippen molar-refractivity contribution in [2.45, 2.75) is 20.3 Å². The molecule has 1 aromatic heterocycles. The zero-order valence-corrected chi connectivity index (χ0v) is 9.27. The van der Waals surface area contributed by atoms with Crippen molar-refractivity contribution >= 4 is 11.3 Å². The van der Waals surface area contributed by atoms with Gasteiger partial charge in [-0.3, -0.25) is 0 Å². The quantitative estimate of drug-likeness (QED) is 0.729. The predicted octanol–water partition coefficient (Wildman–Crippen LogP) is 3.35. The molecule has 1 nitrogen and oxygen atoms in total. The number of benzene rings is 1. The summed E-state index contributed by atoms with van der Waals surface area (Å²) < 4.78 is 0. The Bertz CT molecular complexity index is 417. The average molecular weight is 203 g/mol. The lowest BCUT2D eigenvalue weighted by Crippen LogP contribution is -1.86. The molecule has 0 saturated carbocycles. The number of hydrogen-bond acceptors (Lipinski definition) is 2. The standard InChI is InChI=1S/C12H13NS/c1-9-12(14-10(2)13-9)8-11-6-4-3-5-7-11/h3-7H,8H2,1-2H3. The van der Waals surface area contributed by atoms with E-state index < -0.39 is 0 Å². The minimum Gasteiger partial charge on any atom is -0.247 e. The lowest BCUT2D eigenvalue weighted by Gasteiger charge is -1.98. The van der Waals surface area contributed by atoms with Crippen molar-refractivity contribution in [3.05, 3.63) is 51.5 Å². The second kappa shape index (κ2) is 3.93. The summed E-state index contributed by atoms with van der Waals surface area (Å²) in [7, 11) is 0. The lowest BCUT2D eigenvalue weighted by atomic mass is 10.1. The first-order valence-corrected chi connectivity index (χ1v) is 5.54. The van der Waals surface area contributed by atoms with Gasteiger partial charge >= 0.3 is 0 Å². The van der Waals surface area contributed by atoms with Gasteiger partial charge in [-0.05, 0) is 19.4 Å². The zero-order valence-electron chi connectivity index (χ0n) is 8.45. The van der Waals surface area contributed by atoms with Crippen LogP contribution in [0.15, 0.2) is 30.3 Å². The first kappa shape index (κ1) is 9.41. The topological polar surface area (TPSA) is 12.9 Å². The molecule has 1 aromatic carbocycles. The normalized spacial score (nSPS) is 10.4. The lowest BCUT2D eigenvalue weighted by molar-refractivity contribution is 1.13. The molecule has 0 radical (unpaired) electrons. The van der Waals surface area contributed by atoms with Gasteiger partial charge in [0.2, 0.25) is 0 Å². The van der Waals surface area contributed by atoms with Crippen LogP contribution in [0.2, 0.25) is 0 Å². The fourth-order valence-corrected chi connectivity index (χ4v) is 2.49. The Morgan fingerprint density at radius 2 is 1.86 bits per heavy atom. The molecule has 0 atom stereocenters. The summed E-state index contributed by atoms with van der Waals surface area (Å²) in [5.41, 5.74) is 2.54. The number of aryl methyl sites for hydroxylation is 2. The molecule has 0 fully saturated rings. The summed E-state index contributed by atoms with van der Waals surface area (Å²) in [6.07, 6.45) is 1.01. The van der Waals surface area contributed by atoms with Crippen LogP contribution < -0.4 is 0 Å². The van der Waals surface area contributed by atoms with E-state index in [2.05, 4.69) is 43.1 Å². The van der Waals surface area contributed by atoms with Crippen LogP contribution in [0.1, 0.15) is 21.1 Å². The van der Waals surface area contributed by atoms with E-state index in [4.69, 9.17) is 0 Å². The van der Waals surface area contributed by atoms with Gasteiger partial charge in [-0.15, -0.1) is 11.3 Å². The van der Waals surface area contributed by atoms with E-state index in [1.165, 1.54) is 16.1 Å². The molecule has 0 spiro atoms. The third-order valence-corrected chi connectivity index (χ3v) is 3.28. The highest BCUT2D eigenvalue weighted by molar-refractivity contribution is 7.11. The Balaban J connectivity index is 2.23. The molecule has 2 aromatic rings. The maximum Gasteiger partial charge on any atom is 0.0900 e. The van der Waals surface area contributed by atoms with Gasteiger partial charge in [0.15, 0.2) is 0 Å². The molecule has 2 heteroatoms. The van der Waals surface area contributed by atoms with Crippen molar-refractivity contribution in [3.63, 3.8) is 0 Å². The van der Waals surface area contributed by atoms with Gasteiger partial charge in [0, 0.05) is 11.3 Å². The Labute approximate surface area is 88.4 Å². The number of aromatic nitrogens is 1. The number of nitrogens with zero attached hydrogens (tertiary/aromatic N) is 1. The molecular weight excluding hydrogens is 190 g/mol. The van der Waals surface area contributed by atoms with E-state index in [9.17, 15) is 0 Å². The number of hydrogen-bond donors (Lipinski definition) is 0. The highest BCUT2D eigenvalue weighted by atomic mass is 32.1. The van der Waals surface area contributed by atoms with Crippen LogP contribution in [0.4, 0.5) is 0 Å². The Morgan fingerprint density at radius 1 is 1.14 bits per heavy atom. The molecule has 0 aliphatic carbocycles. The van der Waals surface area contributed by atoms with Crippen LogP contribution in [-0.2, 0) is 6.42 Å². The smallest absolute Gasteiger partial charge is 0.0900 e. The monoisotopic (exact) mass is 203 g/mol. The Hall–Kier alpha value is -1.15. The van der Waals surface area contributed by atoms with Crippen LogP contribution in [0, 0.1) is 13.8 Å². The van der Waals surface area contributed by atoms with E-state index in [1.54, 1.807) is 11.3 Å². The number of rotatable bonds is 2. The van der Waals surface area contributed by atoms with Crippen LogP contribution in [0.5, 0.6) is 0 Å². The molecule has 0 aliphatic rings. The molecular formula is C12H13NS. The second-order valence-electron chi connectivity index (χ2n) is 3.40. The summed E-state index contributed by atoms with van der Waals surface area (Å²) in [5, 5.41) is 1.16. The van der Waals surface area contributed by atoms with Crippen molar-refractivity contribution in [3.8, 4) is 0 Å². The summed E-state index contributed by atoms with van der Waals surface area (Å²) in [6, 6.07) is 10.5. The molecule has 0 saturated heterocycles. The van der Waals surface area contributed by atoms with E-state index in [-0.39, 0.29) is 0 Å². The summed E-state index contributed by atoms with van der Waals surface area (Å²) in [5.74, 6) is 0. The van der Waals surface area contributed by atoms with E-state index >= 15 is 0 Å². The predicted molar refractivity (Wildman–Crippen MR) is 60.8 cm³/mol. The van der Waals surface area contributed by atoms with Gasteiger partial charge in [0.05, 0.1) is 10.7 Å². The van der Waals surface area contributed by atoms with Crippen molar-refractivity contribution in [2.75, 3.05) is 0 Å². The van der Waals surface area contributed by atoms with E-state index in [1.807, 2.05) is 6.07 Å². The maximum atomic E-state index is 4.43. The molecule has 0 aliphatic heterocycles. The summed E-state index contributed by atoms with van der Waals surface area (Å²) >= 11 is 1.80. The van der Waals surface area contributed by atoms with Gasteiger partial charge in [0.1, 0.15) is 0 Å². The van der Waals surface area contributed by atoms with Gasteiger partial charge in [0.25, 0.3) is 0 Å². The molecule has 14 heavy (non-hydrogen) atoms. The summed E-state index contributed by atoms with van der Waals surface area (Å²) in [6.45, 7) is 4.15. The van der Waals surface area contributed by atoms with Crippen LogP contribution in [-0.4, -0.2) is 4.98 Å². The van der Waals surface area contributed by atoms with Crippen molar-refractivity contribution in [1.82, 2.24) is 4.98 Å². The fraction of sp³-hybridized carbons (Fsp3) is 0.250. The molecule has 0 unspecified atom stereocenters. The zero-order chi connectivity index (χ0) is 9.97. The minimum atomic E-state index is 1.01. The Morgan fingerprint density at radius 3 is 2.43 bits per heavy atom. The van der Waals surface area contributed by atoms with Gasteiger partial charge < -0.3 is 0 Å². The third-order valence-electron chi connectivity index (χ3n) is 2.21. The molecule has 0 N–H and O–H groups in total. The SMILES string of the molecule is Cc1nc(C)c(Cc2ccccc2)s1. The Kier molecular flexibility index (Phi) is 2.64. The third kappa shape index (κ3) is 2.02. The van der Waals surface area contributed by atoms with Crippen LogP contribution >= 0.6 is 11.3 Å². The van der Waals surface area contributed by atoms with E-state index in [0.717, 1.165) is 11.4 Å². The van der Waals surface area contributed by atoms with Crippen molar-refractivity contribution in [2.24, 2.45) is 0 Å². The molecule has 0 bridgehead atoms. The second-order valence-corrected chi connectivity index (χ2v) is 4.69. The maximum absolute atomic E-state index is 4.43.